The summed E-state index contributed by atoms with van der Waals surface area (Å²) in [7, 11) is -4.01. The number of hydrazone groups is 1. The molecule has 0 unspecified atom stereocenters. The Morgan fingerprint density at radius 3 is 2.34 bits per heavy atom. The molecule has 0 radical (unpaired) electrons. The fourth-order valence-electron chi connectivity index (χ4n) is 4.21. The lowest BCUT2D eigenvalue weighted by molar-refractivity contribution is -0.119. The Labute approximate surface area is 232 Å². The minimum atomic E-state index is -4.01. The standard InChI is InChI=1S/C29H29BrN4O3S/c1-20-11-13-28(14-12-20)38(36,37)33(26-9-6-8-25(30)17-26)19-29(35)32-31-18-24-16-22(3)34(23(24)4)27-10-5-7-21(2)15-27/h5-18H,19H2,1-4H3,(H,32,35)/b31-18+. The number of sulfonamides is 1. The van der Waals surface area contributed by atoms with Gasteiger partial charge in [0.1, 0.15) is 6.54 Å². The fourth-order valence-corrected chi connectivity index (χ4v) is 6.01. The maximum Gasteiger partial charge on any atom is 0.264 e. The molecule has 0 saturated carbocycles. The number of aryl methyl sites for hydroxylation is 3. The molecule has 38 heavy (non-hydrogen) atoms. The van der Waals surface area contributed by atoms with Crippen molar-refractivity contribution in [3.63, 3.8) is 0 Å². The highest BCUT2D eigenvalue weighted by molar-refractivity contribution is 9.10. The minimum absolute atomic E-state index is 0.1000. The summed E-state index contributed by atoms with van der Waals surface area (Å²) in [6.45, 7) is 7.49. The second-order valence-corrected chi connectivity index (χ2v) is 11.9. The number of carbonyl (C=O) groups excluding carboxylic acids is 1. The molecule has 1 aromatic heterocycles. The van der Waals surface area contributed by atoms with E-state index >= 15 is 0 Å². The summed E-state index contributed by atoms with van der Waals surface area (Å²) >= 11 is 3.38. The van der Waals surface area contributed by atoms with Crippen LogP contribution >= 0.6 is 15.9 Å². The predicted octanol–water partition coefficient (Wildman–Crippen LogP) is 5.82. The van der Waals surface area contributed by atoms with E-state index in [1.807, 2.05) is 52.0 Å². The Kier molecular flexibility index (Phi) is 8.18. The number of hydrogen-bond donors (Lipinski definition) is 1. The maximum absolute atomic E-state index is 13.5. The second kappa shape index (κ2) is 11.4. The minimum Gasteiger partial charge on any atom is -0.318 e. The van der Waals surface area contributed by atoms with Crippen molar-refractivity contribution in [2.24, 2.45) is 5.10 Å². The molecular formula is C29H29BrN4O3S. The third kappa shape index (κ3) is 6.06. The summed E-state index contributed by atoms with van der Waals surface area (Å²) in [5.41, 5.74) is 8.85. The Bertz CT molecular complexity index is 1610. The van der Waals surface area contributed by atoms with Crippen LogP contribution in [0.2, 0.25) is 0 Å². The van der Waals surface area contributed by atoms with Crippen molar-refractivity contribution in [3.05, 3.63) is 111 Å². The molecule has 0 fully saturated rings. The number of nitrogens with zero attached hydrogens (tertiary/aromatic N) is 3. The number of amides is 1. The van der Waals surface area contributed by atoms with Gasteiger partial charge in [-0.2, -0.15) is 5.10 Å². The number of anilines is 1. The van der Waals surface area contributed by atoms with E-state index in [0.717, 1.165) is 38.1 Å². The van der Waals surface area contributed by atoms with Crippen LogP contribution in [0, 0.1) is 27.7 Å². The van der Waals surface area contributed by atoms with Gasteiger partial charge in [-0.25, -0.2) is 13.8 Å². The topological polar surface area (TPSA) is 83.8 Å². The first-order chi connectivity index (χ1) is 18.1. The lowest BCUT2D eigenvalue weighted by Crippen LogP contribution is -2.39. The molecule has 0 aliphatic rings. The van der Waals surface area contributed by atoms with E-state index in [-0.39, 0.29) is 4.90 Å². The van der Waals surface area contributed by atoms with E-state index in [0.29, 0.717) is 10.2 Å². The lowest BCUT2D eigenvalue weighted by Gasteiger charge is -2.24. The molecule has 4 aromatic rings. The average molecular weight is 594 g/mol. The van der Waals surface area contributed by atoms with Gasteiger partial charge < -0.3 is 4.57 Å². The summed E-state index contributed by atoms with van der Waals surface area (Å²) in [6, 6.07) is 23.5. The SMILES string of the molecule is Cc1ccc(S(=O)(=O)N(CC(=O)N/N=C/c2cc(C)n(-c3cccc(C)c3)c2C)c2cccc(Br)c2)cc1. The van der Waals surface area contributed by atoms with Crippen molar-refractivity contribution in [1.29, 1.82) is 0 Å². The van der Waals surface area contributed by atoms with E-state index < -0.39 is 22.5 Å². The molecule has 0 spiro atoms. The molecule has 0 aliphatic carbocycles. The van der Waals surface area contributed by atoms with Crippen LogP contribution in [0.1, 0.15) is 28.1 Å². The predicted molar refractivity (Wildman–Crippen MR) is 156 cm³/mol. The number of aromatic nitrogens is 1. The van der Waals surface area contributed by atoms with Gasteiger partial charge in [-0.05, 0) is 81.8 Å². The Morgan fingerprint density at radius 2 is 1.66 bits per heavy atom. The largest absolute Gasteiger partial charge is 0.318 e. The van der Waals surface area contributed by atoms with E-state index in [1.54, 1.807) is 42.6 Å². The molecule has 196 valence electrons. The van der Waals surface area contributed by atoms with E-state index in [2.05, 4.69) is 37.1 Å². The van der Waals surface area contributed by atoms with Gasteiger partial charge in [0, 0.05) is 27.1 Å². The number of nitrogens with one attached hydrogen (secondary N) is 1. The van der Waals surface area contributed by atoms with E-state index in [4.69, 9.17) is 0 Å². The molecule has 0 atom stereocenters. The zero-order valence-corrected chi connectivity index (χ0v) is 24.0. The first-order valence-corrected chi connectivity index (χ1v) is 14.2. The van der Waals surface area contributed by atoms with E-state index in [9.17, 15) is 13.2 Å². The molecule has 9 heteroatoms. The summed E-state index contributed by atoms with van der Waals surface area (Å²) in [6.07, 6.45) is 1.57. The van der Waals surface area contributed by atoms with Crippen LogP contribution in [0.5, 0.6) is 0 Å². The average Bonchev–Trinajstić information content (AvgIpc) is 3.15. The molecular weight excluding hydrogens is 564 g/mol. The lowest BCUT2D eigenvalue weighted by atomic mass is 10.2. The third-order valence-corrected chi connectivity index (χ3v) is 8.40. The molecule has 1 amide bonds. The molecule has 4 rings (SSSR count). The summed E-state index contributed by atoms with van der Waals surface area (Å²) in [5.74, 6) is -0.565. The number of hydrogen-bond acceptors (Lipinski definition) is 4. The summed E-state index contributed by atoms with van der Waals surface area (Å²) in [4.78, 5) is 13.0. The Morgan fingerprint density at radius 1 is 0.947 bits per heavy atom. The zero-order valence-electron chi connectivity index (χ0n) is 21.6. The number of carbonyl (C=O) groups is 1. The molecule has 7 nitrogen and oxygen atoms in total. The second-order valence-electron chi connectivity index (χ2n) is 9.10. The van der Waals surface area contributed by atoms with Gasteiger partial charge in [-0.15, -0.1) is 0 Å². The van der Waals surface area contributed by atoms with Gasteiger partial charge in [0.2, 0.25) is 0 Å². The van der Waals surface area contributed by atoms with Crippen molar-refractivity contribution in [3.8, 4) is 5.69 Å². The van der Waals surface area contributed by atoms with Crippen LogP contribution in [-0.2, 0) is 14.8 Å². The molecule has 3 aromatic carbocycles. The molecule has 0 bridgehead atoms. The number of rotatable bonds is 8. The third-order valence-electron chi connectivity index (χ3n) is 6.12. The van der Waals surface area contributed by atoms with Crippen molar-refractivity contribution < 1.29 is 13.2 Å². The quantitative estimate of drug-likeness (QED) is 0.207. The van der Waals surface area contributed by atoms with Crippen LogP contribution in [0.25, 0.3) is 5.69 Å². The highest BCUT2D eigenvalue weighted by atomic mass is 79.9. The van der Waals surface area contributed by atoms with Gasteiger partial charge in [0.25, 0.3) is 15.9 Å². The van der Waals surface area contributed by atoms with Crippen LogP contribution in [0.15, 0.2) is 93.3 Å². The van der Waals surface area contributed by atoms with Crippen molar-refractivity contribution in [1.82, 2.24) is 9.99 Å². The summed E-state index contributed by atoms with van der Waals surface area (Å²) in [5, 5.41) is 4.13. The maximum atomic E-state index is 13.5. The molecule has 0 aliphatic heterocycles. The number of halogens is 1. The van der Waals surface area contributed by atoms with Crippen LogP contribution < -0.4 is 9.73 Å². The van der Waals surface area contributed by atoms with Gasteiger partial charge in [-0.1, -0.05) is 51.8 Å². The van der Waals surface area contributed by atoms with Crippen molar-refractivity contribution in [2.45, 2.75) is 32.6 Å². The van der Waals surface area contributed by atoms with Gasteiger partial charge in [0.05, 0.1) is 16.8 Å². The first kappa shape index (κ1) is 27.3. The highest BCUT2D eigenvalue weighted by Crippen LogP contribution is 2.26. The fraction of sp³-hybridized carbons (Fsp3) is 0.172. The zero-order chi connectivity index (χ0) is 27.4. The molecule has 0 saturated heterocycles. The Balaban J connectivity index is 1.56. The van der Waals surface area contributed by atoms with Crippen LogP contribution in [-0.4, -0.2) is 31.7 Å². The number of benzene rings is 3. The van der Waals surface area contributed by atoms with Crippen molar-refractivity contribution in [2.75, 3.05) is 10.8 Å². The van der Waals surface area contributed by atoms with Gasteiger partial charge in [0.15, 0.2) is 0 Å². The van der Waals surface area contributed by atoms with Gasteiger partial charge >= 0.3 is 0 Å². The summed E-state index contributed by atoms with van der Waals surface area (Å²) < 4.78 is 30.9. The normalized spacial score (nSPS) is 11.6. The van der Waals surface area contributed by atoms with Gasteiger partial charge in [-0.3, -0.25) is 9.10 Å². The van der Waals surface area contributed by atoms with Crippen molar-refractivity contribution >= 4 is 43.8 Å². The Hall–Kier alpha value is -3.69. The smallest absolute Gasteiger partial charge is 0.264 e. The van der Waals surface area contributed by atoms with E-state index in [1.165, 1.54) is 12.1 Å². The molecule has 1 N–H and O–H groups in total. The van der Waals surface area contributed by atoms with Crippen LogP contribution in [0.4, 0.5) is 5.69 Å². The monoisotopic (exact) mass is 592 g/mol. The molecule has 1 heterocycles. The van der Waals surface area contributed by atoms with Crippen LogP contribution in [0.3, 0.4) is 0 Å². The highest BCUT2D eigenvalue weighted by Gasteiger charge is 2.27. The first-order valence-electron chi connectivity index (χ1n) is 12.0.